The van der Waals surface area contributed by atoms with Crippen molar-refractivity contribution in [1.82, 2.24) is 10.2 Å². The smallest absolute Gasteiger partial charge is 0.0781 e. The molecule has 3 unspecified atom stereocenters. The van der Waals surface area contributed by atoms with Crippen LogP contribution in [0.5, 0.6) is 0 Å². The number of piperazine rings is 1. The largest absolute Gasteiger partial charge is 0.374 e. The van der Waals surface area contributed by atoms with Crippen molar-refractivity contribution >= 4 is 0 Å². The van der Waals surface area contributed by atoms with E-state index >= 15 is 0 Å². The summed E-state index contributed by atoms with van der Waals surface area (Å²) in [6.45, 7) is 13.5. The Labute approximate surface area is 112 Å². The van der Waals surface area contributed by atoms with Crippen LogP contribution in [0.3, 0.4) is 0 Å². The molecule has 2 heterocycles. The van der Waals surface area contributed by atoms with Crippen molar-refractivity contribution < 1.29 is 4.74 Å². The van der Waals surface area contributed by atoms with Crippen molar-refractivity contribution in [3.8, 4) is 0 Å². The van der Waals surface area contributed by atoms with Gasteiger partial charge in [0.1, 0.15) is 0 Å². The van der Waals surface area contributed by atoms with Crippen LogP contribution in [0.1, 0.15) is 53.4 Å². The molecule has 18 heavy (non-hydrogen) atoms. The van der Waals surface area contributed by atoms with Gasteiger partial charge in [-0.1, -0.05) is 13.8 Å². The van der Waals surface area contributed by atoms with E-state index in [1.807, 2.05) is 0 Å². The molecule has 3 atom stereocenters. The van der Waals surface area contributed by atoms with Crippen molar-refractivity contribution in [2.45, 2.75) is 70.6 Å². The van der Waals surface area contributed by atoms with Gasteiger partial charge in [0, 0.05) is 37.8 Å². The van der Waals surface area contributed by atoms with E-state index in [2.05, 4.69) is 37.9 Å². The molecule has 0 amide bonds. The SMILES string of the molecule is CCC1CNC(C)(CC)CN1CC1(C)CCCO1. The van der Waals surface area contributed by atoms with E-state index in [0.717, 1.165) is 26.2 Å². The minimum atomic E-state index is 0.0966. The van der Waals surface area contributed by atoms with Crippen LogP contribution in [-0.2, 0) is 4.74 Å². The molecule has 0 aliphatic carbocycles. The van der Waals surface area contributed by atoms with Gasteiger partial charge in [-0.15, -0.1) is 0 Å². The van der Waals surface area contributed by atoms with Crippen LogP contribution in [-0.4, -0.2) is 48.3 Å². The fraction of sp³-hybridized carbons (Fsp3) is 1.00. The maximum atomic E-state index is 5.98. The van der Waals surface area contributed by atoms with Gasteiger partial charge in [0.05, 0.1) is 5.60 Å². The number of ether oxygens (including phenoxy) is 1. The lowest BCUT2D eigenvalue weighted by atomic mass is 9.91. The molecule has 0 saturated carbocycles. The first-order valence-electron chi connectivity index (χ1n) is 7.63. The van der Waals surface area contributed by atoms with Crippen molar-refractivity contribution in [1.29, 1.82) is 0 Å². The molecule has 106 valence electrons. The fourth-order valence-electron chi connectivity index (χ4n) is 3.34. The standard InChI is InChI=1S/C15H30N2O/c1-5-13-10-16-14(3,6-2)11-17(13)12-15(4)8-7-9-18-15/h13,16H,5-12H2,1-4H3. The lowest BCUT2D eigenvalue weighted by molar-refractivity contribution is -0.0364. The van der Waals surface area contributed by atoms with E-state index in [1.165, 1.54) is 25.7 Å². The second-order valence-electron chi connectivity index (χ2n) is 6.66. The summed E-state index contributed by atoms with van der Waals surface area (Å²) in [5.41, 5.74) is 0.375. The minimum absolute atomic E-state index is 0.0966. The van der Waals surface area contributed by atoms with Crippen LogP contribution in [0.25, 0.3) is 0 Å². The minimum Gasteiger partial charge on any atom is -0.374 e. The van der Waals surface area contributed by atoms with Crippen LogP contribution in [0.15, 0.2) is 0 Å². The number of nitrogens with one attached hydrogen (secondary N) is 1. The average molecular weight is 254 g/mol. The van der Waals surface area contributed by atoms with Crippen LogP contribution < -0.4 is 5.32 Å². The van der Waals surface area contributed by atoms with Gasteiger partial charge in [0.2, 0.25) is 0 Å². The molecule has 1 N–H and O–H groups in total. The molecule has 0 bridgehead atoms. The highest BCUT2D eigenvalue weighted by atomic mass is 16.5. The Hall–Kier alpha value is -0.120. The second kappa shape index (κ2) is 5.48. The number of hydrogen-bond acceptors (Lipinski definition) is 3. The van der Waals surface area contributed by atoms with E-state index < -0.39 is 0 Å². The summed E-state index contributed by atoms with van der Waals surface area (Å²) < 4.78 is 5.98. The molecule has 0 aromatic carbocycles. The molecular weight excluding hydrogens is 224 g/mol. The Morgan fingerprint density at radius 2 is 2.11 bits per heavy atom. The summed E-state index contributed by atoms with van der Waals surface area (Å²) in [5.74, 6) is 0. The van der Waals surface area contributed by atoms with E-state index in [4.69, 9.17) is 4.74 Å². The molecule has 0 radical (unpaired) electrons. The lowest BCUT2D eigenvalue weighted by Crippen LogP contribution is -2.64. The maximum absolute atomic E-state index is 5.98. The summed E-state index contributed by atoms with van der Waals surface area (Å²) in [6, 6.07) is 0.672. The third-order valence-corrected chi connectivity index (χ3v) is 4.92. The number of rotatable bonds is 4. The Kier molecular flexibility index (Phi) is 4.35. The van der Waals surface area contributed by atoms with Gasteiger partial charge in [-0.25, -0.2) is 0 Å². The predicted octanol–water partition coefficient (Wildman–Crippen LogP) is 2.41. The van der Waals surface area contributed by atoms with Gasteiger partial charge in [0.25, 0.3) is 0 Å². The molecule has 2 aliphatic heterocycles. The Balaban J connectivity index is 2.02. The van der Waals surface area contributed by atoms with Crippen LogP contribution in [0, 0.1) is 0 Å². The normalized spacial score (nSPS) is 42.3. The summed E-state index contributed by atoms with van der Waals surface area (Å²) >= 11 is 0. The molecule has 2 rings (SSSR count). The molecule has 2 saturated heterocycles. The molecule has 2 aliphatic rings. The van der Waals surface area contributed by atoms with E-state index in [1.54, 1.807) is 0 Å². The first-order valence-corrected chi connectivity index (χ1v) is 7.63. The number of nitrogens with zero attached hydrogens (tertiary/aromatic N) is 1. The number of hydrogen-bond donors (Lipinski definition) is 1. The zero-order valence-corrected chi connectivity index (χ0v) is 12.6. The van der Waals surface area contributed by atoms with Crippen LogP contribution in [0.4, 0.5) is 0 Å². The van der Waals surface area contributed by atoms with Gasteiger partial charge < -0.3 is 10.1 Å². The first kappa shape index (κ1) is 14.3. The van der Waals surface area contributed by atoms with Crippen molar-refractivity contribution in [2.75, 3.05) is 26.2 Å². The third kappa shape index (κ3) is 3.06. The van der Waals surface area contributed by atoms with Crippen LogP contribution >= 0.6 is 0 Å². The topological polar surface area (TPSA) is 24.5 Å². The monoisotopic (exact) mass is 254 g/mol. The van der Waals surface area contributed by atoms with Crippen molar-refractivity contribution in [3.05, 3.63) is 0 Å². The quantitative estimate of drug-likeness (QED) is 0.834. The maximum Gasteiger partial charge on any atom is 0.0781 e. The van der Waals surface area contributed by atoms with E-state index in [0.29, 0.717) is 6.04 Å². The first-order chi connectivity index (χ1) is 8.50. The van der Waals surface area contributed by atoms with Crippen LogP contribution in [0.2, 0.25) is 0 Å². The van der Waals surface area contributed by atoms with E-state index in [-0.39, 0.29) is 11.1 Å². The van der Waals surface area contributed by atoms with Gasteiger partial charge in [-0.05, 0) is 39.5 Å². The summed E-state index contributed by atoms with van der Waals surface area (Å²) in [5, 5.41) is 3.73. The van der Waals surface area contributed by atoms with Crippen molar-refractivity contribution in [2.24, 2.45) is 0 Å². The molecule has 0 aromatic rings. The summed E-state index contributed by atoms with van der Waals surface area (Å²) in [4.78, 5) is 2.67. The highest BCUT2D eigenvalue weighted by Crippen LogP contribution is 2.29. The van der Waals surface area contributed by atoms with Gasteiger partial charge in [0.15, 0.2) is 0 Å². The summed E-state index contributed by atoms with van der Waals surface area (Å²) in [6.07, 6.45) is 4.86. The highest BCUT2D eigenvalue weighted by molar-refractivity contribution is 4.97. The van der Waals surface area contributed by atoms with Gasteiger partial charge in [-0.2, -0.15) is 0 Å². The molecular formula is C15H30N2O. The zero-order valence-electron chi connectivity index (χ0n) is 12.6. The molecule has 3 nitrogen and oxygen atoms in total. The molecule has 2 fully saturated rings. The average Bonchev–Trinajstić information content (AvgIpc) is 2.76. The Bertz CT molecular complexity index is 276. The van der Waals surface area contributed by atoms with E-state index in [9.17, 15) is 0 Å². The Morgan fingerprint density at radius 3 is 2.67 bits per heavy atom. The third-order valence-electron chi connectivity index (χ3n) is 4.92. The molecule has 0 spiro atoms. The van der Waals surface area contributed by atoms with Gasteiger partial charge >= 0.3 is 0 Å². The fourth-order valence-corrected chi connectivity index (χ4v) is 3.34. The molecule has 0 aromatic heterocycles. The summed E-state index contributed by atoms with van der Waals surface area (Å²) in [7, 11) is 0. The lowest BCUT2D eigenvalue weighted by Gasteiger charge is -2.48. The highest BCUT2D eigenvalue weighted by Gasteiger charge is 2.39. The van der Waals surface area contributed by atoms with Crippen molar-refractivity contribution in [3.63, 3.8) is 0 Å². The predicted molar refractivity (Wildman–Crippen MR) is 75.9 cm³/mol. The molecule has 3 heteroatoms. The second-order valence-corrected chi connectivity index (χ2v) is 6.66. The zero-order chi connectivity index (χ0) is 13.2. The van der Waals surface area contributed by atoms with Gasteiger partial charge in [-0.3, -0.25) is 4.90 Å². The Morgan fingerprint density at radius 1 is 1.33 bits per heavy atom.